The van der Waals surface area contributed by atoms with E-state index >= 15 is 0 Å². The fourth-order valence-corrected chi connectivity index (χ4v) is 2.79. The molecule has 112 valence electrons. The number of halogens is 1. The standard InChI is InChI=1S/C14H17BrN4OS/c1-8(20)9(2)21-13-12(15)7-17-14(19-13)18-11-5-3-10(16)4-6-11/h3-9,20H,16H2,1-2H3,(H,17,18,19)/t8-,9-/m1/s1. The number of thioether (sulfide) groups is 1. The second-order valence-corrected chi connectivity index (χ2v) is 6.88. The van der Waals surface area contributed by atoms with Gasteiger partial charge < -0.3 is 16.2 Å². The van der Waals surface area contributed by atoms with Gasteiger partial charge in [0, 0.05) is 22.8 Å². The molecule has 4 N–H and O–H groups in total. The molecule has 1 aromatic heterocycles. The van der Waals surface area contributed by atoms with Gasteiger partial charge in [-0.1, -0.05) is 18.7 Å². The molecule has 5 nitrogen and oxygen atoms in total. The van der Waals surface area contributed by atoms with Crippen molar-refractivity contribution in [1.82, 2.24) is 9.97 Å². The molecule has 7 heteroatoms. The van der Waals surface area contributed by atoms with Gasteiger partial charge >= 0.3 is 0 Å². The van der Waals surface area contributed by atoms with Crippen molar-refractivity contribution in [3.05, 3.63) is 34.9 Å². The van der Waals surface area contributed by atoms with E-state index in [2.05, 4.69) is 31.2 Å². The summed E-state index contributed by atoms with van der Waals surface area (Å²) in [5.41, 5.74) is 7.23. The minimum absolute atomic E-state index is 0.0422. The van der Waals surface area contributed by atoms with Crippen LogP contribution in [-0.4, -0.2) is 26.4 Å². The highest BCUT2D eigenvalue weighted by Crippen LogP contribution is 2.30. The highest BCUT2D eigenvalue weighted by atomic mass is 79.9. The van der Waals surface area contributed by atoms with E-state index in [1.165, 1.54) is 11.8 Å². The minimum atomic E-state index is -0.412. The average molecular weight is 369 g/mol. The Morgan fingerprint density at radius 3 is 2.57 bits per heavy atom. The fourth-order valence-electron chi connectivity index (χ4n) is 1.46. The van der Waals surface area contributed by atoms with Crippen molar-refractivity contribution in [1.29, 1.82) is 0 Å². The molecule has 0 aliphatic heterocycles. The molecule has 0 radical (unpaired) electrons. The molecule has 2 atom stereocenters. The number of nitrogens with one attached hydrogen (secondary N) is 1. The summed E-state index contributed by atoms with van der Waals surface area (Å²) >= 11 is 4.93. The molecule has 0 amide bonds. The lowest BCUT2D eigenvalue weighted by molar-refractivity contribution is 0.196. The van der Waals surface area contributed by atoms with E-state index in [-0.39, 0.29) is 5.25 Å². The zero-order valence-corrected chi connectivity index (χ0v) is 14.1. The van der Waals surface area contributed by atoms with Crippen molar-refractivity contribution in [3.63, 3.8) is 0 Å². The lowest BCUT2D eigenvalue weighted by Gasteiger charge is -2.15. The third kappa shape index (κ3) is 4.59. The van der Waals surface area contributed by atoms with Gasteiger partial charge in [-0.2, -0.15) is 0 Å². The maximum atomic E-state index is 9.60. The van der Waals surface area contributed by atoms with Crippen LogP contribution in [0.1, 0.15) is 13.8 Å². The molecule has 0 aliphatic rings. The fraction of sp³-hybridized carbons (Fsp3) is 0.286. The Kier molecular flexibility index (Phi) is 5.44. The van der Waals surface area contributed by atoms with E-state index in [1.54, 1.807) is 13.1 Å². The Hall–Kier alpha value is -1.31. The van der Waals surface area contributed by atoms with Gasteiger partial charge in [-0.15, -0.1) is 0 Å². The summed E-state index contributed by atoms with van der Waals surface area (Å²) < 4.78 is 0.808. The van der Waals surface area contributed by atoms with E-state index in [4.69, 9.17) is 5.73 Å². The van der Waals surface area contributed by atoms with Crippen LogP contribution in [0.25, 0.3) is 0 Å². The molecule has 0 fully saturated rings. The van der Waals surface area contributed by atoms with Gasteiger partial charge in [0.15, 0.2) is 0 Å². The predicted octanol–water partition coefficient (Wildman–Crippen LogP) is 3.43. The van der Waals surface area contributed by atoms with Gasteiger partial charge in [0.25, 0.3) is 0 Å². The van der Waals surface area contributed by atoms with Crippen LogP contribution in [0.4, 0.5) is 17.3 Å². The molecule has 1 heterocycles. The van der Waals surface area contributed by atoms with E-state index in [1.807, 2.05) is 31.2 Å². The number of hydrogen-bond acceptors (Lipinski definition) is 6. The zero-order valence-electron chi connectivity index (χ0n) is 11.7. The van der Waals surface area contributed by atoms with Crippen LogP contribution in [0.15, 0.2) is 40.0 Å². The molecular formula is C14H17BrN4OS. The average Bonchev–Trinajstić information content (AvgIpc) is 2.45. The summed E-state index contributed by atoms with van der Waals surface area (Å²) in [4.78, 5) is 8.70. The topological polar surface area (TPSA) is 84.1 Å². The maximum absolute atomic E-state index is 9.60. The summed E-state index contributed by atoms with van der Waals surface area (Å²) in [6.07, 6.45) is 1.29. The van der Waals surface area contributed by atoms with Crippen LogP contribution < -0.4 is 11.1 Å². The summed E-state index contributed by atoms with van der Waals surface area (Å²) in [6.45, 7) is 3.72. The van der Waals surface area contributed by atoms with E-state index < -0.39 is 6.10 Å². The Bertz CT molecular complexity index is 606. The third-order valence-corrected chi connectivity index (χ3v) is 5.00. The Morgan fingerprint density at radius 1 is 1.29 bits per heavy atom. The highest BCUT2D eigenvalue weighted by molar-refractivity contribution is 9.10. The number of hydrogen-bond donors (Lipinski definition) is 3. The largest absolute Gasteiger partial charge is 0.399 e. The monoisotopic (exact) mass is 368 g/mol. The first-order valence-electron chi connectivity index (χ1n) is 6.45. The number of aromatic nitrogens is 2. The van der Waals surface area contributed by atoms with E-state index in [0.717, 1.165) is 15.2 Å². The van der Waals surface area contributed by atoms with Crippen molar-refractivity contribution in [3.8, 4) is 0 Å². The number of aliphatic hydroxyl groups excluding tert-OH is 1. The van der Waals surface area contributed by atoms with Crippen LogP contribution >= 0.6 is 27.7 Å². The third-order valence-electron chi connectivity index (χ3n) is 2.86. The number of nitrogens with two attached hydrogens (primary N) is 1. The predicted molar refractivity (Wildman–Crippen MR) is 90.9 cm³/mol. The molecule has 0 spiro atoms. The number of aliphatic hydroxyl groups is 1. The molecule has 0 aliphatic carbocycles. The van der Waals surface area contributed by atoms with Crippen molar-refractivity contribution in [2.45, 2.75) is 30.2 Å². The number of anilines is 3. The van der Waals surface area contributed by atoms with Crippen molar-refractivity contribution in [2.75, 3.05) is 11.1 Å². The van der Waals surface area contributed by atoms with E-state index in [0.29, 0.717) is 11.6 Å². The molecule has 0 unspecified atom stereocenters. The number of nitrogens with zero attached hydrogens (tertiary/aromatic N) is 2. The van der Waals surface area contributed by atoms with E-state index in [9.17, 15) is 5.11 Å². The number of benzene rings is 1. The molecule has 1 aromatic carbocycles. The van der Waals surface area contributed by atoms with Gasteiger partial charge in [0.1, 0.15) is 5.03 Å². The Morgan fingerprint density at radius 2 is 1.95 bits per heavy atom. The molecule has 2 aromatic rings. The first-order chi connectivity index (χ1) is 9.95. The Labute approximate surface area is 136 Å². The van der Waals surface area contributed by atoms with Gasteiger partial charge in [0.2, 0.25) is 5.95 Å². The normalized spacial score (nSPS) is 13.7. The quantitative estimate of drug-likeness (QED) is 0.426. The second kappa shape index (κ2) is 7.11. The van der Waals surface area contributed by atoms with Crippen LogP contribution in [0.3, 0.4) is 0 Å². The van der Waals surface area contributed by atoms with Gasteiger partial charge in [-0.25, -0.2) is 9.97 Å². The van der Waals surface area contributed by atoms with Crippen LogP contribution in [-0.2, 0) is 0 Å². The molecule has 21 heavy (non-hydrogen) atoms. The first kappa shape index (κ1) is 16.1. The molecule has 2 rings (SSSR count). The van der Waals surface area contributed by atoms with Gasteiger partial charge in [-0.05, 0) is 47.1 Å². The van der Waals surface area contributed by atoms with Gasteiger partial charge in [-0.3, -0.25) is 0 Å². The molecule has 0 saturated heterocycles. The molecule has 0 bridgehead atoms. The SMILES string of the molecule is C[C@@H](O)[C@@H](C)Sc1nc(Nc2ccc(N)cc2)ncc1Br. The summed E-state index contributed by atoms with van der Waals surface area (Å²) in [6, 6.07) is 7.36. The second-order valence-electron chi connectivity index (χ2n) is 4.66. The first-order valence-corrected chi connectivity index (χ1v) is 8.13. The van der Waals surface area contributed by atoms with Crippen molar-refractivity contribution in [2.24, 2.45) is 0 Å². The minimum Gasteiger partial charge on any atom is -0.399 e. The smallest absolute Gasteiger partial charge is 0.228 e. The van der Waals surface area contributed by atoms with Gasteiger partial charge in [0.05, 0.1) is 10.6 Å². The Balaban J connectivity index is 2.16. The summed E-state index contributed by atoms with van der Waals surface area (Å²) in [7, 11) is 0. The molecule has 0 saturated carbocycles. The zero-order chi connectivity index (χ0) is 15.4. The van der Waals surface area contributed by atoms with Crippen LogP contribution in [0.2, 0.25) is 0 Å². The highest BCUT2D eigenvalue weighted by Gasteiger charge is 2.14. The maximum Gasteiger partial charge on any atom is 0.228 e. The van der Waals surface area contributed by atoms with Crippen molar-refractivity contribution >= 4 is 45.0 Å². The molecular weight excluding hydrogens is 352 g/mol. The summed E-state index contributed by atoms with van der Waals surface area (Å²) in [5.74, 6) is 0.503. The van der Waals surface area contributed by atoms with Crippen molar-refractivity contribution < 1.29 is 5.11 Å². The lowest BCUT2D eigenvalue weighted by atomic mass is 10.3. The number of rotatable bonds is 5. The number of nitrogen functional groups attached to an aromatic ring is 1. The summed E-state index contributed by atoms with van der Waals surface area (Å²) in [5, 5.41) is 13.6. The van der Waals surface area contributed by atoms with Crippen LogP contribution in [0.5, 0.6) is 0 Å². The van der Waals surface area contributed by atoms with Crippen LogP contribution in [0, 0.1) is 0 Å². The lowest BCUT2D eigenvalue weighted by Crippen LogP contribution is -2.15.